The van der Waals surface area contributed by atoms with Crippen LogP contribution in [0.2, 0.25) is 0 Å². The molecule has 2 aromatic carbocycles. The first-order chi connectivity index (χ1) is 12.2. The molecule has 3 rings (SSSR count). The van der Waals surface area contributed by atoms with Crippen LogP contribution in [-0.4, -0.2) is 23.1 Å². The Kier molecular flexibility index (Phi) is 4.45. The molecule has 0 aliphatic carbocycles. The first kappa shape index (κ1) is 17.6. The second-order valence-corrected chi connectivity index (χ2v) is 6.87. The van der Waals surface area contributed by atoms with Crippen LogP contribution in [0.5, 0.6) is 0 Å². The van der Waals surface area contributed by atoms with Crippen LogP contribution in [0.1, 0.15) is 5.69 Å². The van der Waals surface area contributed by atoms with E-state index in [1.165, 1.54) is 12.1 Å². The lowest BCUT2D eigenvalue weighted by Crippen LogP contribution is -2.21. The molecule has 1 aromatic heterocycles. The van der Waals surface area contributed by atoms with E-state index in [1.54, 1.807) is 41.1 Å². The molecule has 0 unspecified atom stereocenters. The molecular weight excluding hydrogens is 358 g/mol. The van der Waals surface area contributed by atoms with Crippen LogP contribution in [0.3, 0.4) is 0 Å². The van der Waals surface area contributed by atoms with Gasteiger partial charge in [-0.15, -0.1) is 0 Å². The quantitative estimate of drug-likeness (QED) is 0.523. The van der Waals surface area contributed by atoms with E-state index in [-0.39, 0.29) is 5.69 Å². The van der Waals surface area contributed by atoms with E-state index < -0.39 is 15.1 Å². The van der Waals surface area contributed by atoms with Crippen molar-refractivity contribution in [1.82, 2.24) is 9.78 Å². The molecule has 0 saturated carbocycles. The molecule has 0 spiro atoms. The molecule has 3 aromatic rings. The monoisotopic (exact) mass is 373 g/mol. The Hall–Kier alpha value is -3.24. The van der Waals surface area contributed by atoms with E-state index in [9.17, 15) is 18.5 Å². The molecule has 0 saturated heterocycles. The smallest absolute Gasteiger partial charge is 0.271 e. The Morgan fingerprint density at radius 2 is 1.73 bits per heavy atom. The van der Waals surface area contributed by atoms with Crippen molar-refractivity contribution in [3.63, 3.8) is 0 Å². The van der Waals surface area contributed by atoms with Crippen molar-refractivity contribution in [1.29, 1.82) is 0 Å². The number of hydrogen-bond acceptors (Lipinski definition) is 5. The summed E-state index contributed by atoms with van der Waals surface area (Å²) in [5, 5.41) is 20.2. The fraction of sp³-hybridized carbons (Fsp3) is 0.0625. The Morgan fingerprint density at radius 1 is 1.12 bits per heavy atom. The normalized spacial score (nSPS) is 11.3. The number of nitrogens with zero attached hydrogens (tertiary/aromatic N) is 3. The highest BCUT2D eigenvalue weighted by atomic mass is 32.2. The lowest BCUT2D eigenvalue weighted by Gasteiger charge is -2.09. The average molecular weight is 373 g/mol. The van der Waals surface area contributed by atoms with Crippen molar-refractivity contribution >= 4 is 21.6 Å². The van der Waals surface area contributed by atoms with E-state index in [1.807, 2.05) is 13.0 Å². The zero-order chi connectivity index (χ0) is 18.9. The molecule has 10 heteroatoms. The van der Waals surface area contributed by atoms with Crippen LogP contribution in [0, 0.1) is 17.0 Å². The Labute approximate surface area is 149 Å². The molecule has 1 heterocycles. The largest absolute Gasteiger partial charge is 0.296 e. The summed E-state index contributed by atoms with van der Waals surface area (Å²) in [7, 11) is -3.84. The van der Waals surface area contributed by atoms with Crippen LogP contribution >= 0.6 is 0 Å². The van der Waals surface area contributed by atoms with Gasteiger partial charge >= 0.3 is 0 Å². The van der Waals surface area contributed by atoms with Crippen molar-refractivity contribution in [3.8, 4) is 16.9 Å². The Morgan fingerprint density at radius 3 is 2.27 bits per heavy atom. The minimum absolute atomic E-state index is 0.00922. The standard InChI is InChI=1S/C16H15N5O4S/c1-11-10-16(12-2-6-15(7-3-12)21(22)23)20(18-11)14-8-4-13(5-9-14)19-26(17,24)25/h2-10,19H,1H3,(H2,17,24,25). The van der Waals surface area contributed by atoms with Gasteiger partial charge in [0.2, 0.25) is 0 Å². The second-order valence-electron chi connectivity index (χ2n) is 5.58. The number of nitrogens with two attached hydrogens (primary N) is 1. The lowest BCUT2D eigenvalue weighted by molar-refractivity contribution is -0.384. The van der Waals surface area contributed by atoms with Crippen LogP contribution in [0.15, 0.2) is 54.6 Å². The molecule has 0 aliphatic heterocycles. The highest BCUT2D eigenvalue weighted by Crippen LogP contribution is 2.26. The third kappa shape index (κ3) is 3.87. The third-order valence-electron chi connectivity index (χ3n) is 3.58. The highest BCUT2D eigenvalue weighted by Gasteiger charge is 2.12. The first-order valence-electron chi connectivity index (χ1n) is 7.45. The highest BCUT2D eigenvalue weighted by molar-refractivity contribution is 7.90. The number of aromatic nitrogens is 2. The number of benzene rings is 2. The number of nitro benzene ring substituents is 1. The van der Waals surface area contributed by atoms with Gasteiger partial charge in [0.15, 0.2) is 0 Å². The number of aryl methyl sites for hydroxylation is 1. The first-order valence-corrected chi connectivity index (χ1v) is 9.00. The second kappa shape index (κ2) is 6.58. The summed E-state index contributed by atoms with van der Waals surface area (Å²) in [4.78, 5) is 10.3. The molecule has 0 fully saturated rings. The predicted octanol–water partition coefficient (Wildman–Crippen LogP) is 2.37. The van der Waals surface area contributed by atoms with Crippen LogP contribution in [0.4, 0.5) is 11.4 Å². The fourth-order valence-corrected chi connectivity index (χ4v) is 2.96. The topological polar surface area (TPSA) is 133 Å². The molecule has 0 atom stereocenters. The van der Waals surface area contributed by atoms with Crippen molar-refractivity contribution in [2.45, 2.75) is 6.92 Å². The molecule has 9 nitrogen and oxygen atoms in total. The van der Waals surface area contributed by atoms with Crippen molar-refractivity contribution in [3.05, 3.63) is 70.4 Å². The van der Waals surface area contributed by atoms with E-state index in [0.717, 1.165) is 17.0 Å². The van der Waals surface area contributed by atoms with Crippen molar-refractivity contribution < 1.29 is 13.3 Å². The zero-order valence-corrected chi connectivity index (χ0v) is 14.5. The number of anilines is 1. The van der Waals surface area contributed by atoms with Gasteiger partial charge in [-0.1, -0.05) is 0 Å². The van der Waals surface area contributed by atoms with Gasteiger partial charge in [0.05, 0.1) is 22.0 Å². The van der Waals surface area contributed by atoms with E-state index in [2.05, 4.69) is 9.82 Å². The summed E-state index contributed by atoms with van der Waals surface area (Å²) in [6.07, 6.45) is 0. The van der Waals surface area contributed by atoms with Crippen LogP contribution in [-0.2, 0) is 10.2 Å². The Balaban J connectivity index is 1.98. The van der Waals surface area contributed by atoms with Crippen LogP contribution in [0.25, 0.3) is 16.9 Å². The lowest BCUT2D eigenvalue weighted by atomic mass is 10.1. The maximum atomic E-state index is 11.1. The van der Waals surface area contributed by atoms with Gasteiger partial charge < -0.3 is 0 Å². The molecule has 0 bridgehead atoms. The summed E-state index contributed by atoms with van der Waals surface area (Å²) in [5.74, 6) is 0. The van der Waals surface area contributed by atoms with Crippen LogP contribution < -0.4 is 9.86 Å². The van der Waals surface area contributed by atoms with Gasteiger partial charge in [0.25, 0.3) is 15.9 Å². The van der Waals surface area contributed by atoms with E-state index in [0.29, 0.717) is 11.4 Å². The molecule has 3 N–H and O–H groups in total. The summed E-state index contributed by atoms with van der Waals surface area (Å²) < 4.78 is 26.0. The third-order valence-corrected chi connectivity index (χ3v) is 4.10. The minimum atomic E-state index is -3.84. The number of rotatable bonds is 5. The number of nitro groups is 1. The van der Waals surface area contributed by atoms with Gasteiger partial charge in [-0.25, -0.2) is 9.82 Å². The number of non-ortho nitro benzene ring substituents is 1. The maximum Gasteiger partial charge on any atom is 0.296 e. The predicted molar refractivity (Wildman–Crippen MR) is 97.1 cm³/mol. The SMILES string of the molecule is Cc1cc(-c2ccc([N+](=O)[O-])cc2)n(-c2ccc(NS(N)(=O)=O)cc2)n1. The molecule has 0 amide bonds. The van der Waals surface area contributed by atoms with Crippen molar-refractivity contribution in [2.75, 3.05) is 4.72 Å². The summed E-state index contributed by atoms with van der Waals surface area (Å²) >= 11 is 0. The summed E-state index contributed by atoms with van der Waals surface area (Å²) in [6, 6.07) is 14.5. The van der Waals surface area contributed by atoms with Gasteiger partial charge in [-0.2, -0.15) is 13.5 Å². The molecule has 0 radical (unpaired) electrons. The van der Waals surface area contributed by atoms with Gasteiger partial charge in [0, 0.05) is 23.4 Å². The Bertz CT molecular complexity index is 1060. The molecule has 26 heavy (non-hydrogen) atoms. The molecule has 134 valence electrons. The van der Waals surface area contributed by atoms with E-state index >= 15 is 0 Å². The minimum Gasteiger partial charge on any atom is -0.271 e. The number of hydrogen-bond donors (Lipinski definition) is 2. The molecule has 0 aliphatic rings. The van der Waals surface area contributed by atoms with Crippen molar-refractivity contribution in [2.24, 2.45) is 5.14 Å². The zero-order valence-electron chi connectivity index (χ0n) is 13.7. The van der Waals surface area contributed by atoms with Gasteiger partial charge in [-0.3, -0.25) is 14.8 Å². The maximum absolute atomic E-state index is 11.1. The molecular formula is C16H15N5O4S. The average Bonchev–Trinajstić information content (AvgIpc) is 2.96. The van der Waals surface area contributed by atoms with E-state index in [4.69, 9.17) is 5.14 Å². The number of nitrogens with one attached hydrogen (secondary N) is 1. The van der Waals surface area contributed by atoms with Gasteiger partial charge in [-0.05, 0) is 49.4 Å². The summed E-state index contributed by atoms with van der Waals surface area (Å²) in [6.45, 7) is 1.84. The summed E-state index contributed by atoms with van der Waals surface area (Å²) in [5.41, 5.74) is 3.33. The fourth-order valence-electron chi connectivity index (χ4n) is 2.49. The van der Waals surface area contributed by atoms with Gasteiger partial charge in [0.1, 0.15) is 0 Å².